The molecule has 0 saturated heterocycles. The van der Waals surface area contributed by atoms with Gasteiger partial charge in [-0.15, -0.1) is 0 Å². The second-order valence-corrected chi connectivity index (χ2v) is 4.34. The van der Waals surface area contributed by atoms with Crippen LogP contribution < -0.4 is 0 Å². The summed E-state index contributed by atoms with van der Waals surface area (Å²) >= 11 is 5.80. The summed E-state index contributed by atoms with van der Waals surface area (Å²) in [5.74, 6) is 0. The van der Waals surface area contributed by atoms with Crippen molar-refractivity contribution in [3.8, 4) is 11.1 Å². The summed E-state index contributed by atoms with van der Waals surface area (Å²) < 4.78 is 0. The lowest BCUT2D eigenvalue weighted by molar-refractivity contribution is 0.110. The summed E-state index contributed by atoms with van der Waals surface area (Å²) in [6.45, 7) is 1.39. The summed E-state index contributed by atoms with van der Waals surface area (Å²) in [7, 11) is 0. The number of aliphatic hydroxyl groups excluding tert-OH is 2. The zero-order chi connectivity index (χ0) is 13.4. The first-order valence-electron chi connectivity index (χ1n) is 5.73. The summed E-state index contributed by atoms with van der Waals surface area (Å²) in [4.78, 5) is 0. The molecule has 96 valence electrons. The van der Waals surface area contributed by atoms with Crippen LogP contribution in [0.25, 0.3) is 11.1 Å². The van der Waals surface area contributed by atoms with Gasteiger partial charge in [-0.1, -0.05) is 54.1 Å². The summed E-state index contributed by atoms with van der Waals surface area (Å²) in [5, 5.41) is 16.8. The Labute approximate surface area is 112 Å². The monoisotopic (exact) mass is 264 g/mol. The average molecular weight is 265 g/mol. The Kier molecular flexibility index (Phi) is 6.44. The molecule has 0 aliphatic carbocycles. The maximum atomic E-state index is 8.11. The highest BCUT2D eigenvalue weighted by Gasteiger charge is 1.94. The zero-order valence-corrected chi connectivity index (χ0v) is 11.0. The van der Waals surface area contributed by atoms with Gasteiger partial charge in [0.2, 0.25) is 0 Å². The fourth-order valence-corrected chi connectivity index (χ4v) is 1.40. The van der Waals surface area contributed by atoms with Crippen molar-refractivity contribution < 1.29 is 10.2 Å². The van der Waals surface area contributed by atoms with E-state index in [1.54, 1.807) is 0 Å². The van der Waals surface area contributed by atoms with Gasteiger partial charge in [-0.3, -0.25) is 0 Å². The predicted molar refractivity (Wildman–Crippen MR) is 75.7 cm³/mol. The maximum absolute atomic E-state index is 8.11. The molecular formula is C15H17ClO2. The Morgan fingerprint density at radius 2 is 1.39 bits per heavy atom. The van der Waals surface area contributed by atoms with Crippen molar-refractivity contribution in [1.82, 2.24) is 0 Å². The molecular weight excluding hydrogens is 248 g/mol. The third-order valence-electron chi connectivity index (χ3n) is 2.22. The van der Waals surface area contributed by atoms with Crippen molar-refractivity contribution in [2.45, 2.75) is 13.0 Å². The normalized spacial score (nSPS) is 11.3. The van der Waals surface area contributed by atoms with Crippen molar-refractivity contribution in [1.29, 1.82) is 0 Å². The van der Waals surface area contributed by atoms with Crippen LogP contribution in [0.1, 0.15) is 6.92 Å². The molecule has 0 bridgehead atoms. The van der Waals surface area contributed by atoms with Crippen molar-refractivity contribution in [3.63, 3.8) is 0 Å². The second kappa shape index (κ2) is 7.88. The molecule has 0 aromatic heterocycles. The number of benzene rings is 2. The van der Waals surface area contributed by atoms with Crippen molar-refractivity contribution in [3.05, 3.63) is 59.6 Å². The van der Waals surface area contributed by atoms with Gasteiger partial charge in [-0.25, -0.2) is 0 Å². The SMILES string of the molecule is CC(O)CO.Clc1ccc(-c2ccccc2)cc1. The molecule has 0 radical (unpaired) electrons. The van der Waals surface area contributed by atoms with Gasteiger partial charge in [-0.2, -0.15) is 0 Å². The van der Waals surface area contributed by atoms with Gasteiger partial charge >= 0.3 is 0 Å². The number of hydrogen-bond acceptors (Lipinski definition) is 2. The fraction of sp³-hybridized carbons (Fsp3) is 0.200. The van der Waals surface area contributed by atoms with E-state index in [2.05, 4.69) is 12.1 Å². The molecule has 2 N–H and O–H groups in total. The number of aliphatic hydroxyl groups is 2. The molecule has 0 aliphatic heterocycles. The first-order chi connectivity index (χ1) is 8.63. The first kappa shape index (κ1) is 14.7. The lowest BCUT2D eigenvalue weighted by Gasteiger charge is -2.00. The minimum Gasteiger partial charge on any atom is -0.394 e. The lowest BCUT2D eigenvalue weighted by Crippen LogP contribution is -2.03. The van der Waals surface area contributed by atoms with Gasteiger partial charge < -0.3 is 10.2 Å². The second-order valence-electron chi connectivity index (χ2n) is 3.90. The molecule has 1 atom stereocenters. The van der Waals surface area contributed by atoms with E-state index in [1.165, 1.54) is 18.1 Å². The van der Waals surface area contributed by atoms with Crippen LogP contribution in [0.4, 0.5) is 0 Å². The smallest absolute Gasteiger partial charge is 0.0742 e. The van der Waals surface area contributed by atoms with E-state index < -0.39 is 6.10 Å². The molecule has 0 heterocycles. The minimum absolute atomic E-state index is 0.139. The highest BCUT2D eigenvalue weighted by molar-refractivity contribution is 6.30. The third kappa shape index (κ3) is 5.32. The zero-order valence-electron chi connectivity index (χ0n) is 10.3. The topological polar surface area (TPSA) is 40.5 Å². The van der Waals surface area contributed by atoms with Crippen LogP contribution in [0, 0.1) is 0 Å². The number of rotatable bonds is 2. The average Bonchev–Trinajstić information content (AvgIpc) is 2.41. The van der Waals surface area contributed by atoms with E-state index in [9.17, 15) is 0 Å². The van der Waals surface area contributed by atoms with Crippen molar-refractivity contribution in [2.24, 2.45) is 0 Å². The molecule has 0 aliphatic rings. The molecule has 0 spiro atoms. The minimum atomic E-state index is -0.560. The van der Waals surface area contributed by atoms with Gasteiger partial charge in [-0.05, 0) is 30.2 Å². The lowest BCUT2D eigenvalue weighted by atomic mass is 10.1. The Hall–Kier alpha value is -1.35. The fourth-order valence-electron chi connectivity index (χ4n) is 1.27. The molecule has 0 amide bonds. The summed E-state index contributed by atoms with van der Waals surface area (Å²) in [6, 6.07) is 18.1. The standard InChI is InChI=1S/C12H9Cl.C3H8O2/c13-12-8-6-11(7-9-12)10-4-2-1-3-5-10;1-3(5)2-4/h1-9H;3-5H,2H2,1H3. The Morgan fingerprint density at radius 1 is 0.944 bits per heavy atom. The highest BCUT2D eigenvalue weighted by atomic mass is 35.5. The van der Waals surface area contributed by atoms with E-state index in [0.29, 0.717) is 0 Å². The first-order valence-corrected chi connectivity index (χ1v) is 6.11. The molecule has 2 aromatic carbocycles. The van der Waals surface area contributed by atoms with E-state index in [0.717, 1.165) is 5.02 Å². The summed E-state index contributed by atoms with van der Waals surface area (Å²) in [5.41, 5.74) is 2.42. The molecule has 18 heavy (non-hydrogen) atoms. The van der Waals surface area contributed by atoms with Crippen molar-refractivity contribution in [2.75, 3.05) is 6.61 Å². The summed E-state index contributed by atoms with van der Waals surface area (Å²) in [6.07, 6.45) is -0.560. The van der Waals surface area contributed by atoms with Gasteiger partial charge in [0, 0.05) is 5.02 Å². The van der Waals surface area contributed by atoms with E-state index in [-0.39, 0.29) is 6.61 Å². The maximum Gasteiger partial charge on any atom is 0.0742 e. The van der Waals surface area contributed by atoms with E-state index >= 15 is 0 Å². The Balaban J connectivity index is 0.000000280. The third-order valence-corrected chi connectivity index (χ3v) is 2.47. The van der Waals surface area contributed by atoms with Gasteiger partial charge in [0.25, 0.3) is 0 Å². The van der Waals surface area contributed by atoms with Crippen LogP contribution in [0.5, 0.6) is 0 Å². The van der Waals surface area contributed by atoms with Crippen LogP contribution >= 0.6 is 11.6 Å². The van der Waals surface area contributed by atoms with Gasteiger partial charge in [0.05, 0.1) is 12.7 Å². The Morgan fingerprint density at radius 3 is 1.83 bits per heavy atom. The van der Waals surface area contributed by atoms with Crippen LogP contribution in [0.3, 0.4) is 0 Å². The number of halogens is 1. The van der Waals surface area contributed by atoms with Crippen LogP contribution in [0.2, 0.25) is 5.02 Å². The van der Waals surface area contributed by atoms with Crippen LogP contribution in [-0.2, 0) is 0 Å². The largest absolute Gasteiger partial charge is 0.394 e. The number of hydrogen-bond donors (Lipinski definition) is 2. The predicted octanol–water partition coefficient (Wildman–Crippen LogP) is 3.37. The molecule has 1 unspecified atom stereocenters. The van der Waals surface area contributed by atoms with Crippen LogP contribution in [0.15, 0.2) is 54.6 Å². The van der Waals surface area contributed by atoms with E-state index in [1.807, 2.05) is 42.5 Å². The quantitative estimate of drug-likeness (QED) is 0.873. The van der Waals surface area contributed by atoms with Crippen LogP contribution in [-0.4, -0.2) is 22.9 Å². The van der Waals surface area contributed by atoms with Crippen molar-refractivity contribution >= 4 is 11.6 Å². The van der Waals surface area contributed by atoms with Gasteiger partial charge in [0.1, 0.15) is 0 Å². The Bertz CT molecular complexity index is 438. The molecule has 2 nitrogen and oxygen atoms in total. The molecule has 0 saturated carbocycles. The molecule has 0 fully saturated rings. The highest BCUT2D eigenvalue weighted by Crippen LogP contribution is 2.20. The van der Waals surface area contributed by atoms with E-state index in [4.69, 9.17) is 21.8 Å². The molecule has 2 aromatic rings. The van der Waals surface area contributed by atoms with Gasteiger partial charge in [0.15, 0.2) is 0 Å². The molecule has 2 rings (SSSR count). The molecule has 3 heteroatoms.